The summed E-state index contributed by atoms with van der Waals surface area (Å²) in [7, 11) is 0. The van der Waals surface area contributed by atoms with Crippen LogP contribution in [0.3, 0.4) is 0 Å². The number of aromatic nitrogens is 3. The summed E-state index contributed by atoms with van der Waals surface area (Å²) in [6.45, 7) is 0.905. The second kappa shape index (κ2) is 8.32. The Morgan fingerprint density at radius 2 is 1.86 bits per heavy atom. The maximum atomic E-state index is 12.3. The number of hydrogen-bond acceptors (Lipinski definition) is 3. The molecule has 0 saturated carbocycles. The van der Waals surface area contributed by atoms with Gasteiger partial charge < -0.3 is 9.88 Å². The third-order valence-electron chi connectivity index (χ3n) is 4.64. The molecule has 7 heteroatoms. The third-order valence-corrected chi connectivity index (χ3v) is 4.88. The molecule has 2 aromatic carbocycles. The molecule has 0 aliphatic heterocycles. The lowest BCUT2D eigenvalue weighted by Crippen LogP contribution is -2.35. The molecule has 4 aromatic rings. The number of carbonyl (C=O) groups is 1. The van der Waals surface area contributed by atoms with Gasteiger partial charge in [0.05, 0.1) is 5.69 Å². The number of rotatable bonds is 6. The average Bonchev–Trinajstić information content (AvgIpc) is 3.12. The van der Waals surface area contributed by atoms with E-state index in [2.05, 4.69) is 10.4 Å². The van der Waals surface area contributed by atoms with E-state index in [4.69, 9.17) is 11.6 Å². The molecule has 1 N–H and O–H groups in total. The van der Waals surface area contributed by atoms with Gasteiger partial charge in [-0.2, -0.15) is 5.10 Å². The van der Waals surface area contributed by atoms with Crippen LogP contribution in [0.2, 0.25) is 5.02 Å². The molecule has 0 aliphatic rings. The molecule has 4 rings (SSSR count). The summed E-state index contributed by atoms with van der Waals surface area (Å²) in [5.41, 5.74) is 2.24. The van der Waals surface area contributed by atoms with Crippen molar-refractivity contribution in [2.24, 2.45) is 0 Å². The van der Waals surface area contributed by atoms with Crippen molar-refractivity contribution in [3.8, 4) is 11.3 Å². The Morgan fingerprint density at radius 3 is 2.69 bits per heavy atom. The maximum Gasteiger partial charge on any atom is 0.267 e. The fourth-order valence-corrected chi connectivity index (χ4v) is 3.35. The minimum absolute atomic E-state index is 0.127. The van der Waals surface area contributed by atoms with Crippen LogP contribution in [0.5, 0.6) is 0 Å². The molecule has 0 radical (unpaired) electrons. The summed E-state index contributed by atoms with van der Waals surface area (Å²) in [4.78, 5) is 24.4. The van der Waals surface area contributed by atoms with Crippen LogP contribution in [0.25, 0.3) is 22.2 Å². The van der Waals surface area contributed by atoms with Crippen LogP contribution in [0.15, 0.2) is 77.7 Å². The van der Waals surface area contributed by atoms with Gasteiger partial charge in [0.2, 0.25) is 5.91 Å². The van der Waals surface area contributed by atoms with Crippen molar-refractivity contribution in [1.82, 2.24) is 19.7 Å². The number of nitrogens with one attached hydrogen (secondary N) is 1. The molecule has 0 fully saturated rings. The van der Waals surface area contributed by atoms with Crippen molar-refractivity contribution < 1.29 is 4.79 Å². The molecular weight excluding hydrogens is 388 g/mol. The van der Waals surface area contributed by atoms with Crippen LogP contribution in [0, 0.1) is 0 Å². The molecule has 2 heterocycles. The van der Waals surface area contributed by atoms with E-state index >= 15 is 0 Å². The summed E-state index contributed by atoms with van der Waals surface area (Å²) in [5.74, 6) is -0.265. The Hall–Kier alpha value is -3.38. The monoisotopic (exact) mass is 406 g/mol. The van der Waals surface area contributed by atoms with E-state index in [1.807, 2.05) is 65.4 Å². The zero-order valence-corrected chi connectivity index (χ0v) is 16.3. The summed E-state index contributed by atoms with van der Waals surface area (Å²) < 4.78 is 3.21. The Morgan fingerprint density at radius 1 is 1.03 bits per heavy atom. The van der Waals surface area contributed by atoms with Gasteiger partial charge in [-0.15, -0.1) is 0 Å². The van der Waals surface area contributed by atoms with Gasteiger partial charge in [-0.25, -0.2) is 4.68 Å². The van der Waals surface area contributed by atoms with Crippen LogP contribution in [-0.4, -0.2) is 26.8 Å². The van der Waals surface area contributed by atoms with E-state index in [0.717, 1.165) is 16.5 Å². The second-order valence-corrected chi connectivity index (χ2v) is 7.08. The molecular formula is C22H19ClN4O2. The summed E-state index contributed by atoms with van der Waals surface area (Å²) in [5, 5.41) is 8.92. The summed E-state index contributed by atoms with van der Waals surface area (Å²) in [6.07, 6.45) is 1.96. The fraction of sp³-hybridized carbons (Fsp3) is 0.136. The minimum Gasteiger partial charge on any atom is -0.353 e. The molecule has 0 bridgehead atoms. The van der Waals surface area contributed by atoms with Gasteiger partial charge in [0.1, 0.15) is 6.54 Å². The second-order valence-electron chi connectivity index (χ2n) is 6.64. The number of benzene rings is 2. The van der Waals surface area contributed by atoms with Crippen LogP contribution >= 0.6 is 11.6 Å². The first-order valence-electron chi connectivity index (χ1n) is 9.25. The molecule has 2 aromatic heterocycles. The van der Waals surface area contributed by atoms with E-state index in [0.29, 0.717) is 23.8 Å². The van der Waals surface area contributed by atoms with Crippen LogP contribution < -0.4 is 10.9 Å². The van der Waals surface area contributed by atoms with Crippen molar-refractivity contribution in [3.63, 3.8) is 0 Å². The third kappa shape index (κ3) is 4.38. The maximum absolute atomic E-state index is 12.3. The zero-order valence-electron chi connectivity index (χ0n) is 15.6. The lowest BCUT2D eigenvalue weighted by molar-refractivity contribution is -0.121. The highest BCUT2D eigenvalue weighted by Gasteiger charge is 2.08. The highest BCUT2D eigenvalue weighted by atomic mass is 35.5. The van der Waals surface area contributed by atoms with Gasteiger partial charge in [-0.1, -0.05) is 48.0 Å². The normalized spacial score (nSPS) is 10.9. The van der Waals surface area contributed by atoms with E-state index in [-0.39, 0.29) is 18.0 Å². The summed E-state index contributed by atoms with van der Waals surface area (Å²) in [6, 6.07) is 20.3. The number of nitrogens with zero attached hydrogens (tertiary/aromatic N) is 3. The average molecular weight is 407 g/mol. The standard InChI is InChI=1S/C22H19ClN4O2/c23-18-7-6-17-10-12-26(20(17)14-18)13-11-24-21(28)15-27-22(29)9-8-19(25-27)16-4-2-1-3-5-16/h1-10,12,14H,11,13,15H2,(H,24,28). The predicted octanol–water partition coefficient (Wildman–Crippen LogP) is 3.33. The zero-order chi connectivity index (χ0) is 20.2. The van der Waals surface area contributed by atoms with E-state index < -0.39 is 0 Å². The van der Waals surface area contributed by atoms with Crippen molar-refractivity contribution in [2.75, 3.05) is 6.54 Å². The molecule has 29 heavy (non-hydrogen) atoms. The van der Waals surface area contributed by atoms with Gasteiger partial charge in [0.25, 0.3) is 5.56 Å². The van der Waals surface area contributed by atoms with Crippen LogP contribution in [0.4, 0.5) is 0 Å². The molecule has 0 unspecified atom stereocenters. The number of carbonyl (C=O) groups excluding carboxylic acids is 1. The molecule has 0 saturated heterocycles. The first kappa shape index (κ1) is 19.0. The molecule has 1 amide bonds. The minimum atomic E-state index is -0.314. The molecule has 6 nitrogen and oxygen atoms in total. The van der Waals surface area contributed by atoms with Gasteiger partial charge in [-0.05, 0) is 29.7 Å². The lowest BCUT2D eigenvalue weighted by atomic mass is 10.1. The van der Waals surface area contributed by atoms with Crippen molar-refractivity contribution in [2.45, 2.75) is 13.1 Å². The Bertz CT molecular complexity index is 1210. The SMILES string of the molecule is O=C(Cn1nc(-c2ccccc2)ccc1=O)NCCn1ccc2ccc(Cl)cc21. The molecule has 146 valence electrons. The fourth-order valence-electron chi connectivity index (χ4n) is 3.18. The molecule has 0 spiro atoms. The van der Waals surface area contributed by atoms with Crippen molar-refractivity contribution >= 4 is 28.4 Å². The van der Waals surface area contributed by atoms with Crippen molar-refractivity contribution in [1.29, 1.82) is 0 Å². The van der Waals surface area contributed by atoms with Gasteiger partial charge in [0.15, 0.2) is 0 Å². The number of halogens is 1. The quantitative estimate of drug-likeness (QED) is 0.534. The number of hydrogen-bond donors (Lipinski definition) is 1. The highest BCUT2D eigenvalue weighted by molar-refractivity contribution is 6.31. The van der Waals surface area contributed by atoms with Gasteiger partial charge >= 0.3 is 0 Å². The van der Waals surface area contributed by atoms with Crippen LogP contribution in [-0.2, 0) is 17.9 Å². The summed E-state index contributed by atoms with van der Waals surface area (Å²) >= 11 is 6.07. The van der Waals surface area contributed by atoms with Crippen LogP contribution in [0.1, 0.15) is 0 Å². The largest absolute Gasteiger partial charge is 0.353 e. The highest BCUT2D eigenvalue weighted by Crippen LogP contribution is 2.20. The van der Waals surface area contributed by atoms with Crippen molar-refractivity contribution in [3.05, 3.63) is 88.3 Å². The van der Waals surface area contributed by atoms with E-state index in [1.54, 1.807) is 6.07 Å². The number of amides is 1. The smallest absolute Gasteiger partial charge is 0.267 e. The molecule has 0 aliphatic carbocycles. The van der Waals surface area contributed by atoms with Gasteiger partial charge in [0, 0.05) is 41.5 Å². The molecule has 0 atom stereocenters. The predicted molar refractivity (Wildman–Crippen MR) is 114 cm³/mol. The van der Waals surface area contributed by atoms with E-state index in [1.165, 1.54) is 10.7 Å². The Balaban J connectivity index is 1.39. The Kier molecular flexibility index (Phi) is 5.44. The topological polar surface area (TPSA) is 68.9 Å². The first-order chi connectivity index (χ1) is 14.1. The number of fused-ring (bicyclic) bond motifs is 1. The van der Waals surface area contributed by atoms with Gasteiger partial charge in [-0.3, -0.25) is 9.59 Å². The lowest BCUT2D eigenvalue weighted by Gasteiger charge is -2.10. The first-order valence-corrected chi connectivity index (χ1v) is 9.63. The van der Waals surface area contributed by atoms with E-state index in [9.17, 15) is 9.59 Å². The Labute approximate surface area is 172 Å².